The van der Waals surface area contributed by atoms with Gasteiger partial charge in [0.25, 0.3) is 0 Å². The highest BCUT2D eigenvalue weighted by Gasteiger charge is 2.05. The van der Waals surface area contributed by atoms with Gasteiger partial charge in [-0.1, -0.05) is 23.7 Å². The van der Waals surface area contributed by atoms with Crippen molar-refractivity contribution in [2.45, 2.75) is 13.5 Å². The van der Waals surface area contributed by atoms with Gasteiger partial charge in [-0.05, 0) is 58.2 Å². The molecule has 0 aromatic heterocycles. The molecule has 0 aliphatic rings. The summed E-state index contributed by atoms with van der Waals surface area (Å²) in [5.74, 6) is -0.425. The van der Waals surface area contributed by atoms with Gasteiger partial charge in [-0.15, -0.1) is 0 Å². The number of anilines is 1. The maximum Gasteiger partial charge on any atom is 0.248 e. The standard InChI is InChI=1S/C15H14BrClN2O/c1-9-5-12(16)14(7-13(9)17)19-8-10-3-2-4-11(6-10)15(18)20/h2-7,19H,8H2,1H3,(H2,18,20). The summed E-state index contributed by atoms with van der Waals surface area (Å²) in [6, 6.07) is 11.1. The number of primary amides is 1. The molecule has 3 nitrogen and oxygen atoms in total. The first-order chi connectivity index (χ1) is 9.47. The van der Waals surface area contributed by atoms with E-state index in [1.807, 2.05) is 31.2 Å². The fourth-order valence-corrected chi connectivity index (χ4v) is 2.58. The topological polar surface area (TPSA) is 55.1 Å². The van der Waals surface area contributed by atoms with Gasteiger partial charge in [0.15, 0.2) is 0 Å². The van der Waals surface area contributed by atoms with Crippen LogP contribution in [0.5, 0.6) is 0 Å². The predicted molar refractivity (Wildman–Crippen MR) is 86.2 cm³/mol. The van der Waals surface area contributed by atoms with Crippen LogP contribution in [0.1, 0.15) is 21.5 Å². The molecule has 0 saturated carbocycles. The number of rotatable bonds is 4. The van der Waals surface area contributed by atoms with Gasteiger partial charge in [-0.3, -0.25) is 4.79 Å². The maximum absolute atomic E-state index is 11.1. The lowest BCUT2D eigenvalue weighted by Gasteiger charge is -2.11. The molecule has 20 heavy (non-hydrogen) atoms. The molecule has 2 aromatic rings. The molecule has 104 valence electrons. The van der Waals surface area contributed by atoms with E-state index in [0.29, 0.717) is 17.1 Å². The van der Waals surface area contributed by atoms with Gasteiger partial charge in [-0.25, -0.2) is 0 Å². The molecule has 0 unspecified atom stereocenters. The molecular formula is C15H14BrClN2O. The van der Waals surface area contributed by atoms with Crippen LogP contribution in [0.3, 0.4) is 0 Å². The van der Waals surface area contributed by atoms with Crippen molar-refractivity contribution in [1.29, 1.82) is 0 Å². The number of hydrogen-bond acceptors (Lipinski definition) is 2. The molecule has 0 fully saturated rings. The van der Waals surface area contributed by atoms with Crippen molar-refractivity contribution >= 4 is 39.1 Å². The normalized spacial score (nSPS) is 10.3. The number of carbonyl (C=O) groups is 1. The van der Waals surface area contributed by atoms with Gasteiger partial charge in [-0.2, -0.15) is 0 Å². The zero-order valence-electron chi connectivity index (χ0n) is 10.9. The second-order valence-electron chi connectivity index (χ2n) is 4.50. The molecule has 0 aliphatic carbocycles. The monoisotopic (exact) mass is 352 g/mol. The van der Waals surface area contributed by atoms with Crippen LogP contribution in [0.4, 0.5) is 5.69 Å². The number of halogens is 2. The zero-order chi connectivity index (χ0) is 14.7. The van der Waals surface area contributed by atoms with Gasteiger partial charge >= 0.3 is 0 Å². The summed E-state index contributed by atoms with van der Waals surface area (Å²) in [4.78, 5) is 11.1. The second kappa shape index (κ2) is 6.29. The van der Waals surface area contributed by atoms with Gasteiger partial charge in [0.1, 0.15) is 0 Å². The minimum Gasteiger partial charge on any atom is -0.380 e. The molecule has 1 amide bonds. The molecule has 3 N–H and O–H groups in total. The summed E-state index contributed by atoms with van der Waals surface area (Å²) in [6.07, 6.45) is 0. The lowest BCUT2D eigenvalue weighted by Crippen LogP contribution is -2.11. The SMILES string of the molecule is Cc1cc(Br)c(NCc2cccc(C(N)=O)c2)cc1Cl. The van der Waals surface area contributed by atoms with Crippen molar-refractivity contribution in [1.82, 2.24) is 0 Å². The van der Waals surface area contributed by atoms with Crippen LogP contribution in [0.15, 0.2) is 40.9 Å². The number of aryl methyl sites for hydroxylation is 1. The Morgan fingerprint density at radius 3 is 2.80 bits per heavy atom. The molecule has 2 aromatic carbocycles. The fourth-order valence-electron chi connectivity index (χ4n) is 1.81. The predicted octanol–water partition coefficient (Wildman–Crippen LogP) is 4.12. The Labute approximate surface area is 131 Å². The summed E-state index contributed by atoms with van der Waals surface area (Å²) in [7, 11) is 0. The largest absolute Gasteiger partial charge is 0.380 e. The highest BCUT2D eigenvalue weighted by Crippen LogP contribution is 2.29. The third kappa shape index (κ3) is 3.52. The van der Waals surface area contributed by atoms with Crippen LogP contribution >= 0.6 is 27.5 Å². The molecule has 0 radical (unpaired) electrons. The van der Waals surface area contributed by atoms with Crippen molar-refractivity contribution < 1.29 is 4.79 Å². The molecule has 0 atom stereocenters. The minimum atomic E-state index is -0.425. The van der Waals surface area contributed by atoms with E-state index in [-0.39, 0.29) is 0 Å². The van der Waals surface area contributed by atoms with Crippen LogP contribution in [-0.4, -0.2) is 5.91 Å². The second-order valence-corrected chi connectivity index (χ2v) is 5.76. The third-order valence-corrected chi connectivity index (χ3v) is 4.01. The van der Waals surface area contributed by atoms with Crippen LogP contribution in [0, 0.1) is 6.92 Å². The Morgan fingerprint density at radius 1 is 1.35 bits per heavy atom. The van der Waals surface area contributed by atoms with Gasteiger partial charge in [0.2, 0.25) is 5.91 Å². The van der Waals surface area contributed by atoms with Crippen molar-refractivity contribution in [2.24, 2.45) is 5.73 Å². The first-order valence-electron chi connectivity index (χ1n) is 6.05. The molecule has 0 bridgehead atoms. The number of benzene rings is 2. The highest BCUT2D eigenvalue weighted by atomic mass is 79.9. The van der Waals surface area contributed by atoms with Crippen molar-refractivity contribution in [2.75, 3.05) is 5.32 Å². The van der Waals surface area contributed by atoms with Gasteiger partial charge in [0, 0.05) is 21.6 Å². The number of nitrogens with one attached hydrogen (secondary N) is 1. The lowest BCUT2D eigenvalue weighted by atomic mass is 10.1. The molecule has 2 rings (SSSR count). The minimum absolute atomic E-state index is 0.425. The molecule has 0 saturated heterocycles. The van der Waals surface area contributed by atoms with E-state index in [2.05, 4.69) is 21.2 Å². The number of hydrogen-bond donors (Lipinski definition) is 2. The van der Waals surface area contributed by atoms with E-state index in [1.165, 1.54) is 0 Å². The number of amides is 1. The van der Waals surface area contributed by atoms with Crippen molar-refractivity contribution in [3.63, 3.8) is 0 Å². The van der Waals surface area contributed by atoms with Crippen molar-refractivity contribution in [3.8, 4) is 0 Å². The molecule has 0 spiro atoms. The van der Waals surface area contributed by atoms with Crippen LogP contribution < -0.4 is 11.1 Å². The van der Waals surface area contributed by atoms with E-state index in [0.717, 1.165) is 21.3 Å². The van der Waals surface area contributed by atoms with E-state index in [9.17, 15) is 4.79 Å². The summed E-state index contributed by atoms with van der Waals surface area (Å²) in [5.41, 5.74) is 8.67. The van der Waals surface area contributed by atoms with E-state index >= 15 is 0 Å². The summed E-state index contributed by atoms with van der Waals surface area (Å²) in [5, 5.41) is 3.99. The van der Waals surface area contributed by atoms with E-state index in [1.54, 1.807) is 12.1 Å². The molecule has 0 aliphatic heterocycles. The Hall–Kier alpha value is -1.52. The molecule has 0 heterocycles. The van der Waals surface area contributed by atoms with Gasteiger partial charge in [0.05, 0.1) is 5.69 Å². The van der Waals surface area contributed by atoms with Crippen molar-refractivity contribution in [3.05, 3.63) is 62.6 Å². The van der Waals surface area contributed by atoms with Gasteiger partial charge < -0.3 is 11.1 Å². The average molecular weight is 354 g/mol. The van der Waals surface area contributed by atoms with E-state index in [4.69, 9.17) is 17.3 Å². The molecular weight excluding hydrogens is 340 g/mol. The number of nitrogens with two attached hydrogens (primary N) is 1. The summed E-state index contributed by atoms with van der Waals surface area (Å²) in [6.45, 7) is 2.53. The Balaban J connectivity index is 2.15. The Morgan fingerprint density at radius 2 is 2.10 bits per heavy atom. The average Bonchev–Trinajstić information content (AvgIpc) is 2.41. The van der Waals surface area contributed by atoms with Crippen LogP contribution in [0.2, 0.25) is 5.02 Å². The Bertz CT molecular complexity index is 658. The van der Waals surface area contributed by atoms with E-state index < -0.39 is 5.91 Å². The summed E-state index contributed by atoms with van der Waals surface area (Å²) >= 11 is 9.61. The van der Waals surface area contributed by atoms with Crippen LogP contribution in [-0.2, 0) is 6.54 Å². The number of carbonyl (C=O) groups excluding carboxylic acids is 1. The third-order valence-electron chi connectivity index (χ3n) is 2.94. The first-order valence-corrected chi connectivity index (χ1v) is 7.22. The smallest absolute Gasteiger partial charge is 0.248 e. The van der Waals surface area contributed by atoms with Crippen LogP contribution in [0.25, 0.3) is 0 Å². The maximum atomic E-state index is 11.1. The Kier molecular flexibility index (Phi) is 4.68. The highest BCUT2D eigenvalue weighted by molar-refractivity contribution is 9.10. The fraction of sp³-hybridized carbons (Fsp3) is 0.133. The lowest BCUT2D eigenvalue weighted by molar-refractivity contribution is 0.1000. The quantitative estimate of drug-likeness (QED) is 0.868. The first kappa shape index (κ1) is 14.9. The zero-order valence-corrected chi connectivity index (χ0v) is 13.3. The summed E-state index contributed by atoms with van der Waals surface area (Å²) < 4.78 is 0.949. The molecule has 5 heteroatoms.